The quantitative estimate of drug-likeness (QED) is 0.406. The molecule has 1 aromatic rings. The first kappa shape index (κ1) is 10.5. The van der Waals surface area contributed by atoms with Crippen molar-refractivity contribution in [3.05, 3.63) is 29.8 Å². The van der Waals surface area contributed by atoms with E-state index in [4.69, 9.17) is 5.73 Å². The van der Waals surface area contributed by atoms with Crippen molar-refractivity contribution in [3.63, 3.8) is 0 Å². The van der Waals surface area contributed by atoms with Gasteiger partial charge in [0.25, 0.3) is 0 Å². The van der Waals surface area contributed by atoms with Crippen LogP contribution in [0.2, 0.25) is 0 Å². The summed E-state index contributed by atoms with van der Waals surface area (Å²) in [5.74, 6) is -0.0194. The highest BCUT2D eigenvalue weighted by Gasteiger charge is 2.21. The minimum absolute atomic E-state index is 0.115. The van der Waals surface area contributed by atoms with E-state index in [0.29, 0.717) is 17.3 Å². The lowest BCUT2D eigenvalue weighted by Gasteiger charge is -2.01. The van der Waals surface area contributed by atoms with Crippen LogP contribution in [-0.2, 0) is 4.79 Å². The van der Waals surface area contributed by atoms with Crippen LogP contribution in [0.5, 0.6) is 5.75 Å². The van der Waals surface area contributed by atoms with Gasteiger partial charge in [-0.25, -0.2) is 0 Å². The summed E-state index contributed by atoms with van der Waals surface area (Å²) < 4.78 is 0. The van der Waals surface area contributed by atoms with Crippen LogP contribution in [0.3, 0.4) is 0 Å². The van der Waals surface area contributed by atoms with Gasteiger partial charge in [0.05, 0.1) is 0 Å². The molecule has 4 N–H and O–H groups in total. The number of phenols is 1. The number of carbonyl (C=O) groups is 1. The molecule has 0 radical (unpaired) electrons. The SMILES string of the molecule is Nc1ccc(O)c(/C=C/C(=O)NC2CC2)c1. The van der Waals surface area contributed by atoms with Crippen molar-refractivity contribution >= 4 is 17.7 Å². The predicted molar refractivity (Wildman–Crippen MR) is 62.7 cm³/mol. The lowest BCUT2D eigenvalue weighted by atomic mass is 10.1. The molecular formula is C12H14N2O2. The van der Waals surface area contributed by atoms with E-state index in [0.717, 1.165) is 12.8 Å². The minimum atomic E-state index is -0.135. The molecular weight excluding hydrogens is 204 g/mol. The zero-order chi connectivity index (χ0) is 11.5. The topological polar surface area (TPSA) is 75.3 Å². The fourth-order valence-corrected chi connectivity index (χ4v) is 1.35. The zero-order valence-electron chi connectivity index (χ0n) is 8.81. The molecule has 1 saturated carbocycles. The molecule has 1 fully saturated rings. The molecule has 1 aliphatic carbocycles. The van der Waals surface area contributed by atoms with Crippen molar-refractivity contribution in [2.75, 3.05) is 5.73 Å². The van der Waals surface area contributed by atoms with E-state index < -0.39 is 0 Å². The van der Waals surface area contributed by atoms with Gasteiger partial charge in [-0.3, -0.25) is 4.79 Å². The Labute approximate surface area is 93.8 Å². The first-order valence-corrected chi connectivity index (χ1v) is 5.22. The lowest BCUT2D eigenvalue weighted by molar-refractivity contribution is -0.116. The molecule has 0 bridgehead atoms. The van der Waals surface area contributed by atoms with Crippen LogP contribution in [0, 0.1) is 0 Å². The Morgan fingerprint density at radius 3 is 2.94 bits per heavy atom. The summed E-state index contributed by atoms with van der Waals surface area (Å²) in [6.45, 7) is 0. The maximum absolute atomic E-state index is 11.4. The Hall–Kier alpha value is -1.97. The summed E-state index contributed by atoms with van der Waals surface area (Å²) in [6, 6.07) is 5.08. The average molecular weight is 218 g/mol. The van der Waals surface area contributed by atoms with Gasteiger partial charge >= 0.3 is 0 Å². The summed E-state index contributed by atoms with van der Waals surface area (Å²) >= 11 is 0. The Balaban J connectivity index is 2.03. The van der Waals surface area contributed by atoms with Crippen LogP contribution in [0.1, 0.15) is 18.4 Å². The van der Waals surface area contributed by atoms with Crippen LogP contribution in [0.25, 0.3) is 6.08 Å². The van der Waals surface area contributed by atoms with Crippen LogP contribution in [0.4, 0.5) is 5.69 Å². The van der Waals surface area contributed by atoms with E-state index in [2.05, 4.69) is 5.32 Å². The van der Waals surface area contributed by atoms with Gasteiger partial charge in [-0.2, -0.15) is 0 Å². The molecule has 4 nitrogen and oxygen atoms in total. The van der Waals surface area contributed by atoms with Gasteiger partial charge in [0.15, 0.2) is 0 Å². The molecule has 0 aromatic heterocycles. The second-order valence-electron chi connectivity index (χ2n) is 3.93. The molecule has 0 unspecified atom stereocenters. The van der Waals surface area contributed by atoms with Crippen molar-refractivity contribution in [1.82, 2.24) is 5.32 Å². The van der Waals surface area contributed by atoms with Crippen LogP contribution in [0.15, 0.2) is 24.3 Å². The van der Waals surface area contributed by atoms with E-state index in [1.165, 1.54) is 12.1 Å². The van der Waals surface area contributed by atoms with Gasteiger partial charge in [-0.05, 0) is 37.1 Å². The number of nitrogens with two attached hydrogens (primary N) is 1. The number of benzene rings is 1. The first-order valence-electron chi connectivity index (χ1n) is 5.22. The van der Waals surface area contributed by atoms with Crippen molar-refractivity contribution in [2.24, 2.45) is 0 Å². The highest BCUT2D eigenvalue weighted by molar-refractivity contribution is 5.92. The van der Waals surface area contributed by atoms with Gasteiger partial charge in [-0.15, -0.1) is 0 Å². The summed E-state index contributed by atoms with van der Waals surface area (Å²) in [5, 5.41) is 12.3. The van der Waals surface area contributed by atoms with E-state index in [9.17, 15) is 9.90 Å². The molecule has 4 heteroatoms. The second-order valence-corrected chi connectivity index (χ2v) is 3.93. The molecule has 1 aliphatic rings. The molecule has 0 heterocycles. The van der Waals surface area contributed by atoms with E-state index in [1.54, 1.807) is 18.2 Å². The maximum Gasteiger partial charge on any atom is 0.244 e. The molecule has 1 aromatic carbocycles. The van der Waals surface area contributed by atoms with Crippen molar-refractivity contribution in [1.29, 1.82) is 0 Å². The Kier molecular flexibility index (Phi) is 2.81. The van der Waals surface area contributed by atoms with Crippen LogP contribution < -0.4 is 11.1 Å². The number of nitrogens with one attached hydrogen (secondary N) is 1. The first-order chi connectivity index (χ1) is 7.65. The largest absolute Gasteiger partial charge is 0.507 e. The number of phenolic OH excluding ortho intramolecular Hbond substituents is 1. The monoisotopic (exact) mass is 218 g/mol. The number of rotatable bonds is 3. The van der Waals surface area contributed by atoms with Crippen molar-refractivity contribution in [2.45, 2.75) is 18.9 Å². The standard InChI is InChI=1S/C12H14N2O2/c13-9-2-5-11(15)8(7-9)1-6-12(16)14-10-3-4-10/h1-2,5-7,10,15H,3-4,13H2,(H,14,16)/b6-1+. The van der Waals surface area contributed by atoms with Gasteiger partial charge in [-0.1, -0.05) is 0 Å². The van der Waals surface area contributed by atoms with Gasteiger partial charge in [0.2, 0.25) is 5.91 Å². The minimum Gasteiger partial charge on any atom is -0.507 e. The van der Waals surface area contributed by atoms with E-state index in [-0.39, 0.29) is 11.7 Å². The number of amides is 1. The Morgan fingerprint density at radius 1 is 1.50 bits per heavy atom. The van der Waals surface area contributed by atoms with Gasteiger partial charge in [0.1, 0.15) is 5.75 Å². The van der Waals surface area contributed by atoms with Crippen LogP contribution >= 0.6 is 0 Å². The Bertz CT molecular complexity index is 437. The lowest BCUT2D eigenvalue weighted by Crippen LogP contribution is -2.22. The summed E-state index contributed by atoms with van der Waals surface area (Å²) in [5.41, 5.74) is 6.68. The van der Waals surface area contributed by atoms with Crippen LogP contribution in [-0.4, -0.2) is 17.1 Å². The molecule has 1 amide bonds. The smallest absolute Gasteiger partial charge is 0.244 e. The number of aromatic hydroxyl groups is 1. The maximum atomic E-state index is 11.4. The normalized spacial score (nSPS) is 15.2. The number of hydrogen-bond acceptors (Lipinski definition) is 3. The summed E-state index contributed by atoms with van der Waals surface area (Å²) in [4.78, 5) is 11.4. The third-order valence-corrected chi connectivity index (χ3v) is 2.39. The molecule has 2 rings (SSSR count). The van der Waals surface area contributed by atoms with Crippen molar-refractivity contribution in [3.8, 4) is 5.75 Å². The molecule has 16 heavy (non-hydrogen) atoms. The molecule has 0 atom stereocenters. The second kappa shape index (κ2) is 4.26. The molecule has 0 spiro atoms. The zero-order valence-corrected chi connectivity index (χ0v) is 8.81. The summed E-state index contributed by atoms with van der Waals surface area (Å²) in [6.07, 6.45) is 5.09. The fraction of sp³-hybridized carbons (Fsp3) is 0.250. The highest BCUT2D eigenvalue weighted by Crippen LogP contribution is 2.21. The highest BCUT2D eigenvalue weighted by atomic mass is 16.3. The third-order valence-electron chi connectivity index (χ3n) is 2.39. The van der Waals surface area contributed by atoms with Gasteiger partial charge in [0, 0.05) is 23.4 Å². The number of nitrogen functional groups attached to an aromatic ring is 1. The van der Waals surface area contributed by atoms with Gasteiger partial charge < -0.3 is 16.2 Å². The fourth-order valence-electron chi connectivity index (χ4n) is 1.35. The summed E-state index contributed by atoms with van der Waals surface area (Å²) in [7, 11) is 0. The number of hydrogen-bond donors (Lipinski definition) is 3. The number of carbonyl (C=O) groups excluding carboxylic acids is 1. The van der Waals surface area contributed by atoms with E-state index >= 15 is 0 Å². The van der Waals surface area contributed by atoms with E-state index in [1.807, 2.05) is 0 Å². The predicted octanol–water partition coefficient (Wildman–Crippen LogP) is 1.27. The Morgan fingerprint density at radius 2 is 2.25 bits per heavy atom. The molecule has 84 valence electrons. The molecule has 0 saturated heterocycles. The average Bonchev–Trinajstić information content (AvgIpc) is 3.03. The number of anilines is 1. The van der Waals surface area contributed by atoms with Crippen molar-refractivity contribution < 1.29 is 9.90 Å². The third kappa shape index (κ3) is 2.76. The molecule has 0 aliphatic heterocycles.